The molecule has 1 N–H and O–H groups in total. The number of halogens is 1. The Balaban J connectivity index is 0.00000243. The van der Waals surface area contributed by atoms with E-state index in [1.807, 2.05) is 17.9 Å². The molecule has 1 aliphatic rings. The molecule has 0 radical (unpaired) electrons. The molecule has 142 valence electrons. The van der Waals surface area contributed by atoms with Crippen LogP contribution in [0.3, 0.4) is 0 Å². The smallest absolute Gasteiger partial charge is 0.193 e. The van der Waals surface area contributed by atoms with Crippen molar-refractivity contribution in [2.45, 2.75) is 26.2 Å². The van der Waals surface area contributed by atoms with E-state index >= 15 is 0 Å². The van der Waals surface area contributed by atoms with Crippen LogP contribution in [-0.4, -0.2) is 46.8 Å². The van der Waals surface area contributed by atoms with Crippen molar-refractivity contribution in [1.82, 2.24) is 20.0 Å². The van der Waals surface area contributed by atoms with Crippen LogP contribution in [0.4, 0.5) is 0 Å². The summed E-state index contributed by atoms with van der Waals surface area (Å²) < 4.78 is 1.85. The normalized spacial score (nSPS) is 17.2. The lowest BCUT2D eigenvalue weighted by atomic mass is 9.99. The molecule has 5 nitrogen and oxygen atoms in total. The van der Waals surface area contributed by atoms with Crippen LogP contribution >= 0.6 is 24.0 Å². The Labute approximate surface area is 173 Å². The van der Waals surface area contributed by atoms with E-state index in [0.717, 1.165) is 45.0 Å². The third kappa shape index (κ3) is 6.00. The van der Waals surface area contributed by atoms with E-state index in [0.29, 0.717) is 5.92 Å². The summed E-state index contributed by atoms with van der Waals surface area (Å²) in [6.45, 7) is 6.03. The Morgan fingerprint density at radius 1 is 1.27 bits per heavy atom. The molecule has 3 rings (SSSR count). The number of hydrogen-bond donors (Lipinski definition) is 1. The van der Waals surface area contributed by atoms with Crippen LogP contribution in [0.1, 0.15) is 24.5 Å². The number of rotatable bonds is 6. The summed E-state index contributed by atoms with van der Waals surface area (Å²) in [5.74, 6) is 1.77. The van der Waals surface area contributed by atoms with Gasteiger partial charge in [-0.2, -0.15) is 5.10 Å². The van der Waals surface area contributed by atoms with Gasteiger partial charge in [0.15, 0.2) is 5.96 Å². The van der Waals surface area contributed by atoms with Crippen molar-refractivity contribution in [2.24, 2.45) is 18.0 Å². The quantitative estimate of drug-likeness (QED) is 0.404. The van der Waals surface area contributed by atoms with Crippen molar-refractivity contribution in [1.29, 1.82) is 0 Å². The largest absolute Gasteiger partial charge is 0.357 e. The maximum absolute atomic E-state index is 4.84. The van der Waals surface area contributed by atoms with Crippen LogP contribution in [0, 0.1) is 5.92 Å². The summed E-state index contributed by atoms with van der Waals surface area (Å²) in [5.41, 5.74) is 2.68. The molecular weight excluding hydrogens is 437 g/mol. The van der Waals surface area contributed by atoms with E-state index in [2.05, 4.69) is 58.8 Å². The maximum atomic E-state index is 4.84. The highest BCUT2D eigenvalue weighted by molar-refractivity contribution is 14.0. The van der Waals surface area contributed by atoms with E-state index in [-0.39, 0.29) is 24.0 Å². The molecule has 0 aliphatic carbocycles. The molecule has 2 heterocycles. The minimum Gasteiger partial charge on any atom is -0.357 e. The molecule has 0 amide bonds. The van der Waals surface area contributed by atoms with Gasteiger partial charge >= 0.3 is 0 Å². The van der Waals surface area contributed by atoms with Gasteiger partial charge < -0.3 is 10.2 Å². The van der Waals surface area contributed by atoms with Gasteiger partial charge in [-0.15, -0.1) is 24.0 Å². The molecule has 1 unspecified atom stereocenters. The molecule has 26 heavy (non-hydrogen) atoms. The zero-order valence-electron chi connectivity index (χ0n) is 15.8. The van der Waals surface area contributed by atoms with Gasteiger partial charge in [0.25, 0.3) is 0 Å². The Bertz CT molecular complexity index is 683. The zero-order valence-corrected chi connectivity index (χ0v) is 18.1. The Morgan fingerprint density at radius 2 is 2.08 bits per heavy atom. The molecule has 1 aromatic heterocycles. The molecule has 0 spiro atoms. The predicted octanol–water partition coefficient (Wildman–Crippen LogP) is 3.11. The molecule has 1 fully saturated rings. The second-order valence-electron chi connectivity index (χ2n) is 6.80. The Morgan fingerprint density at radius 3 is 2.77 bits per heavy atom. The van der Waals surface area contributed by atoms with E-state index in [9.17, 15) is 0 Å². The van der Waals surface area contributed by atoms with Crippen LogP contribution < -0.4 is 5.32 Å². The number of benzene rings is 1. The van der Waals surface area contributed by atoms with Gasteiger partial charge in [0.05, 0.1) is 6.20 Å². The minimum absolute atomic E-state index is 0. The monoisotopic (exact) mass is 467 g/mol. The average Bonchev–Trinajstić information content (AvgIpc) is 3.24. The molecule has 6 heteroatoms. The summed E-state index contributed by atoms with van der Waals surface area (Å²) >= 11 is 0. The van der Waals surface area contributed by atoms with E-state index in [4.69, 9.17) is 4.99 Å². The van der Waals surface area contributed by atoms with Crippen molar-refractivity contribution >= 4 is 29.9 Å². The van der Waals surface area contributed by atoms with Crippen LogP contribution in [0.2, 0.25) is 0 Å². The van der Waals surface area contributed by atoms with E-state index in [1.54, 1.807) is 0 Å². The number of aliphatic imine (C=N–C) groups is 1. The minimum atomic E-state index is 0. The number of aromatic nitrogens is 2. The number of guanidine groups is 1. The third-order valence-corrected chi connectivity index (χ3v) is 4.71. The topological polar surface area (TPSA) is 45.5 Å². The van der Waals surface area contributed by atoms with Gasteiger partial charge in [-0.3, -0.25) is 9.67 Å². The highest BCUT2D eigenvalue weighted by atomic mass is 127. The van der Waals surface area contributed by atoms with E-state index in [1.165, 1.54) is 17.5 Å². The second-order valence-corrected chi connectivity index (χ2v) is 6.80. The van der Waals surface area contributed by atoms with Gasteiger partial charge in [0.2, 0.25) is 0 Å². The van der Waals surface area contributed by atoms with Gasteiger partial charge in [0, 0.05) is 39.4 Å². The van der Waals surface area contributed by atoms with Gasteiger partial charge in [-0.1, -0.05) is 30.3 Å². The first-order valence-electron chi connectivity index (χ1n) is 9.29. The SMILES string of the molecule is CCNC(=NCCc1cnn(C)c1)N1CCC(Cc2ccccc2)C1.I. The highest BCUT2D eigenvalue weighted by Gasteiger charge is 2.24. The third-order valence-electron chi connectivity index (χ3n) is 4.71. The van der Waals surface area contributed by atoms with Gasteiger partial charge in [-0.05, 0) is 43.2 Å². The molecule has 1 aromatic carbocycles. The number of nitrogens with one attached hydrogen (secondary N) is 1. The first kappa shape index (κ1) is 20.7. The van der Waals surface area contributed by atoms with Crippen molar-refractivity contribution in [3.63, 3.8) is 0 Å². The summed E-state index contributed by atoms with van der Waals surface area (Å²) in [7, 11) is 1.95. The average molecular weight is 467 g/mol. The second kappa shape index (κ2) is 10.5. The van der Waals surface area contributed by atoms with Gasteiger partial charge in [0.1, 0.15) is 0 Å². The molecule has 2 aromatic rings. The van der Waals surface area contributed by atoms with Crippen molar-refractivity contribution in [2.75, 3.05) is 26.2 Å². The molecular formula is C20H30IN5. The standard InChI is InChI=1S/C20H29N5.HI/c1-3-21-20(22-11-9-19-14-23-24(2)15-19)25-12-10-18(16-25)13-17-7-5-4-6-8-17;/h4-8,14-15,18H,3,9-13,16H2,1-2H3,(H,21,22);1H. The van der Waals surface area contributed by atoms with Gasteiger partial charge in [-0.25, -0.2) is 0 Å². The molecule has 1 aliphatic heterocycles. The van der Waals surface area contributed by atoms with Crippen LogP contribution in [0.5, 0.6) is 0 Å². The van der Waals surface area contributed by atoms with Crippen LogP contribution in [-0.2, 0) is 19.9 Å². The molecule has 0 bridgehead atoms. The lowest BCUT2D eigenvalue weighted by molar-refractivity contribution is 0.460. The Kier molecular flexibility index (Phi) is 8.41. The number of likely N-dealkylation sites (tertiary alicyclic amines) is 1. The van der Waals surface area contributed by atoms with Crippen molar-refractivity contribution < 1.29 is 0 Å². The van der Waals surface area contributed by atoms with Crippen LogP contribution in [0.25, 0.3) is 0 Å². The lowest BCUT2D eigenvalue weighted by Gasteiger charge is -2.21. The molecule has 1 atom stereocenters. The van der Waals surface area contributed by atoms with Crippen LogP contribution in [0.15, 0.2) is 47.7 Å². The fraction of sp³-hybridized carbons (Fsp3) is 0.500. The first-order valence-corrected chi connectivity index (χ1v) is 9.29. The highest BCUT2D eigenvalue weighted by Crippen LogP contribution is 2.20. The fourth-order valence-corrected chi connectivity index (χ4v) is 3.46. The number of nitrogens with zero attached hydrogens (tertiary/aromatic N) is 4. The summed E-state index contributed by atoms with van der Waals surface area (Å²) in [5, 5.41) is 7.68. The van der Waals surface area contributed by atoms with Crippen molar-refractivity contribution in [3.8, 4) is 0 Å². The lowest BCUT2D eigenvalue weighted by Crippen LogP contribution is -2.40. The number of aryl methyl sites for hydroxylation is 1. The summed E-state index contributed by atoms with van der Waals surface area (Å²) in [6.07, 6.45) is 7.32. The maximum Gasteiger partial charge on any atom is 0.193 e. The molecule has 1 saturated heterocycles. The predicted molar refractivity (Wildman–Crippen MR) is 118 cm³/mol. The van der Waals surface area contributed by atoms with Crippen molar-refractivity contribution in [3.05, 3.63) is 53.9 Å². The van der Waals surface area contributed by atoms with E-state index < -0.39 is 0 Å². The molecule has 0 saturated carbocycles. The first-order chi connectivity index (χ1) is 12.2. The summed E-state index contributed by atoms with van der Waals surface area (Å²) in [6, 6.07) is 10.8. The number of hydrogen-bond acceptors (Lipinski definition) is 2. The summed E-state index contributed by atoms with van der Waals surface area (Å²) in [4.78, 5) is 7.25. The fourth-order valence-electron chi connectivity index (χ4n) is 3.46. The Hall–Kier alpha value is -1.57. The zero-order chi connectivity index (χ0) is 17.5.